The molecule has 8 heteroatoms. The molecule has 4 rings (SSSR count). The summed E-state index contributed by atoms with van der Waals surface area (Å²) in [6.45, 7) is 2.06. The van der Waals surface area contributed by atoms with E-state index in [1.165, 1.54) is 36.3 Å². The third-order valence-corrected chi connectivity index (χ3v) is 5.89. The van der Waals surface area contributed by atoms with Gasteiger partial charge in [-0.1, -0.05) is 18.2 Å². The Kier molecular flexibility index (Phi) is 5.76. The first kappa shape index (κ1) is 20.4. The standard InChI is InChI=1S/C22H20F3N3OS/c23-22(24,25)16-8-6-15(7-9-16)21-27-18(14-30-21)13-20(29)26-17-4-3-5-19(12-17)28-10-1-2-11-28/h3-9,12,14H,1-2,10-11,13H2,(H,26,29). The number of alkyl halides is 3. The van der Waals surface area contributed by atoms with Crippen LogP contribution in [0.25, 0.3) is 10.6 Å². The van der Waals surface area contributed by atoms with Crippen LogP contribution in [0.4, 0.5) is 24.5 Å². The van der Waals surface area contributed by atoms with Gasteiger partial charge in [0.2, 0.25) is 5.91 Å². The van der Waals surface area contributed by atoms with Crippen LogP contribution in [-0.4, -0.2) is 24.0 Å². The minimum atomic E-state index is -4.36. The van der Waals surface area contributed by atoms with Crippen LogP contribution in [0.5, 0.6) is 0 Å². The van der Waals surface area contributed by atoms with Crippen molar-refractivity contribution in [3.63, 3.8) is 0 Å². The van der Waals surface area contributed by atoms with Gasteiger partial charge in [-0.25, -0.2) is 4.98 Å². The van der Waals surface area contributed by atoms with Crippen molar-refractivity contribution in [3.05, 3.63) is 65.2 Å². The molecule has 30 heavy (non-hydrogen) atoms. The Hall–Kier alpha value is -2.87. The summed E-state index contributed by atoms with van der Waals surface area (Å²) in [7, 11) is 0. The van der Waals surface area contributed by atoms with Gasteiger partial charge in [0.25, 0.3) is 0 Å². The lowest BCUT2D eigenvalue weighted by atomic mass is 10.1. The van der Waals surface area contributed by atoms with Crippen molar-refractivity contribution in [1.29, 1.82) is 0 Å². The molecule has 3 aromatic rings. The highest BCUT2D eigenvalue weighted by molar-refractivity contribution is 7.13. The van der Waals surface area contributed by atoms with Crippen LogP contribution in [0.15, 0.2) is 53.9 Å². The van der Waals surface area contributed by atoms with Gasteiger partial charge in [0, 0.05) is 35.4 Å². The second kappa shape index (κ2) is 8.47. The van der Waals surface area contributed by atoms with E-state index < -0.39 is 11.7 Å². The lowest BCUT2D eigenvalue weighted by Crippen LogP contribution is -2.18. The van der Waals surface area contributed by atoms with Crippen LogP contribution in [0, 0.1) is 0 Å². The van der Waals surface area contributed by atoms with Gasteiger partial charge < -0.3 is 10.2 Å². The van der Waals surface area contributed by atoms with Crippen molar-refractivity contribution in [1.82, 2.24) is 4.98 Å². The zero-order valence-corrected chi connectivity index (χ0v) is 16.9. The number of thiazole rings is 1. The van der Waals surface area contributed by atoms with E-state index in [4.69, 9.17) is 0 Å². The van der Waals surface area contributed by atoms with Crippen LogP contribution in [0.1, 0.15) is 24.1 Å². The van der Waals surface area contributed by atoms with Crippen LogP contribution in [-0.2, 0) is 17.4 Å². The molecule has 1 N–H and O–H groups in total. The zero-order valence-electron chi connectivity index (χ0n) is 16.1. The highest BCUT2D eigenvalue weighted by atomic mass is 32.1. The number of amides is 1. The molecule has 156 valence electrons. The molecule has 1 aliphatic rings. The summed E-state index contributed by atoms with van der Waals surface area (Å²) in [4.78, 5) is 19.1. The molecule has 1 aliphatic heterocycles. The fraction of sp³-hybridized carbons (Fsp3) is 0.273. The summed E-state index contributed by atoms with van der Waals surface area (Å²) in [6.07, 6.45) is -1.90. The van der Waals surface area contributed by atoms with Crippen molar-refractivity contribution >= 4 is 28.6 Å². The van der Waals surface area contributed by atoms with Gasteiger partial charge in [0.15, 0.2) is 0 Å². The Bertz CT molecular complexity index is 1020. The molecule has 0 atom stereocenters. The van der Waals surface area contributed by atoms with Gasteiger partial charge >= 0.3 is 6.18 Å². The fourth-order valence-electron chi connectivity index (χ4n) is 3.45. The number of aromatic nitrogens is 1. The van der Waals surface area contributed by atoms with Gasteiger partial charge in [-0.15, -0.1) is 11.3 Å². The summed E-state index contributed by atoms with van der Waals surface area (Å²) in [5, 5.41) is 5.24. The fourth-order valence-corrected chi connectivity index (χ4v) is 4.27. The molecule has 0 radical (unpaired) electrons. The molecule has 1 saturated heterocycles. The monoisotopic (exact) mass is 431 g/mol. The molecule has 0 saturated carbocycles. The van der Waals surface area contributed by atoms with E-state index in [-0.39, 0.29) is 12.3 Å². The predicted molar refractivity (Wildman–Crippen MR) is 113 cm³/mol. The van der Waals surface area contributed by atoms with Crippen molar-refractivity contribution in [3.8, 4) is 10.6 Å². The number of carbonyl (C=O) groups is 1. The maximum atomic E-state index is 12.7. The number of carbonyl (C=O) groups excluding carboxylic acids is 1. The third kappa shape index (κ3) is 4.81. The molecule has 0 bridgehead atoms. The molecule has 0 unspecified atom stereocenters. The average Bonchev–Trinajstić information content (AvgIpc) is 3.40. The Labute approximate surface area is 176 Å². The topological polar surface area (TPSA) is 45.2 Å². The Balaban J connectivity index is 1.39. The molecule has 0 aliphatic carbocycles. The first-order chi connectivity index (χ1) is 14.4. The minimum absolute atomic E-state index is 0.102. The second-order valence-electron chi connectivity index (χ2n) is 7.19. The van der Waals surface area contributed by atoms with Gasteiger partial charge in [-0.05, 0) is 43.2 Å². The van der Waals surface area contributed by atoms with E-state index in [1.54, 1.807) is 5.38 Å². The summed E-state index contributed by atoms with van der Waals surface area (Å²) >= 11 is 1.30. The van der Waals surface area contributed by atoms with E-state index in [0.29, 0.717) is 16.3 Å². The molecule has 1 amide bonds. The van der Waals surface area contributed by atoms with Gasteiger partial charge in [0.05, 0.1) is 17.7 Å². The maximum Gasteiger partial charge on any atom is 0.416 e. The van der Waals surface area contributed by atoms with Crippen molar-refractivity contribution in [2.75, 3.05) is 23.3 Å². The zero-order chi connectivity index (χ0) is 21.1. The smallest absolute Gasteiger partial charge is 0.371 e. The van der Waals surface area contributed by atoms with E-state index >= 15 is 0 Å². The molecule has 1 fully saturated rings. The Morgan fingerprint density at radius 2 is 1.83 bits per heavy atom. The average molecular weight is 431 g/mol. The molecular formula is C22H20F3N3OS. The molecule has 0 spiro atoms. The summed E-state index contributed by atoms with van der Waals surface area (Å²) in [5.74, 6) is -0.183. The largest absolute Gasteiger partial charge is 0.416 e. The molecule has 1 aromatic heterocycles. The second-order valence-corrected chi connectivity index (χ2v) is 8.05. The van der Waals surface area contributed by atoms with Crippen molar-refractivity contribution < 1.29 is 18.0 Å². The molecule has 4 nitrogen and oxygen atoms in total. The van der Waals surface area contributed by atoms with Gasteiger partial charge in [-0.2, -0.15) is 13.2 Å². The molecule has 2 aromatic carbocycles. The third-order valence-electron chi connectivity index (χ3n) is 4.95. The van der Waals surface area contributed by atoms with Crippen LogP contribution >= 0.6 is 11.3 Å². The summed E-state index contributed by atoms with van der Waals surface area (Å²) < 4.78 is 38.1. The molecular weight excluding hydrogens is 411 g/mol. The summed E-state index contributed by atoms with van der Waals surface area (Å²) in [6, 6.07) is 12.7. The first-order valence-corrected chi connectivity index (χ1v) is 10.5. The number of nitrogens with zero attached hydrogens (tertiary/aromatic N) is 2. The van der Waals surface area contributed by atoms with Crippen molar-refractivity contribution in [2.45, 2.75) is 25.4 Å². The van der Waals surface area contributed by atoms with E-state index in [1.807, 2.05) is 24.3 Å². The summed E-state index contributed by atoms with van der Waals surface area (Å²) in [5.41, 5.74) is 2.32. The maximum absolute atomic E-state index is 12.7. The Morgan fingerprint density at radius 1 is 1.10 bits per heavy atom. The lowest BCUT2D eigenvalue weighted by molar-refractivity contribution is -0.137. The normalized spacial score (nSPS) is 14.2. The van der Waals surface area contributed by atoms with E-state index in [9.17, 15) is 18.0 Å². The highest BCUT2D eigenvalue weighted by Gasteiger charge is 2.30. The number of hydrogen-bond donors (Lipinski definition) is 1. The highest BCUT2D eigenvalue weighted by Crippen LogP contribution is 2.32. The van der Waals surface area contributed by atoms with Crippen molar-refractivity contribution in [2.24, 2.45) is 0 Å². The number of rotatable bonds is 5. The number of anilines is 2. The lowest BCUT2D eigenvalue weighted by Gasteiger charge is -2.18. The van der Waals surface area contributed by atoms with Crippen LogP contribution in [0.3, 0.4) is 0 Å². The van der Waals surface area contributed by atoms with E-state index in [0.717, 1.165) is 36.6 Å². The van der Waals surface area contributed by atoms with Gasteiger partial charge in [-0.3, -0.25) is 4.79 Å². The molecule has 2 heterocycles. The SMILES string of the molecule is O=C(Cc1csc(-c2ccc(C(F)(F)F)cc2)n1)Nc1cccc(N2CCCC2)c1. The minimum Gasteiger partial charge on any atom is -0.371 e. The Morgan fingerprint density at radius 3 is 2.53 bits per heavy atom. The van der Waals surface area contributed by atoms with Gasteiger partial charge in [0.1, 0.15) is 5.01 Å². The first-order valence-electron chi connectivity index (χ1n) is 9.65. The van der Waals surface area contributed by atoms with E-state index in [2.05, 4.69) is 15.2 Å². The predicted octanol–water partition coefficient (Wildman–Crippen LogP) is 5.61. The number of halogens is 3. The number of benzene rings is 2. The number of nitrogens with one attached hydrogen (secondary N) is 1. The van der Waals surface area contributed by atoms with Crippen LogP contribution < -0.4 is 10.2 Å². The van der Waals surface area contributed by atoms with Crippen LogP contribution in [0.2, 0.25) is 0 Å². The quantitative estimate of drug-likeness (QED) is 0.571. The number of hydrogen-bond acceptors (Lipinski definition) is 4.